The van der Waals surface area contributed by atoms with E-state index in [0.29, 0.717) is 5.56 Å². The Kier molecular flexibility index (Phi) is 4.67. The number of benzene rings is 3. The molecular weight excluding hydrogens is 334 g/mol. The first-order valence-electron chi connectivity index (χ1n) is 8.89. The number of hydrogen-bond donors (Lipinski definition) is 0. The summed E-state index contributed by atoms with van der Waals surface area (Å²) in [6.45, 7) is 1.88. The van der Waals surface area contributed by atoms with E-state index >= 15 is 0 Å². The van der Waals surface area contributed by atoms with Crippen LogP contribution in [0.1, 0.15) is 33.3 Å². The molecule has 3 aromatic carbocycles. The highest BCUT2D eigenvalue weighted by molar-refractivity contribution is 6.03. The molecule has 3 nitrogen and oxygen atoms in total. The van der Waals surface area contributed by atoms with Gasteiger partial charge in [-0.3, -0.25) is 4.98 Å². The van der Waals surface area contributed by atoms with Crippen LogP contribution in [-0.2, 0) is 4.74 Å². The second-order valence-electron chi connectivity index (χ2n) is 6.44. The molecule has 0 saturated heterocycles. The van der Waals surface area contributed by atoms with Gasteiger partial charge in [-0.2, -0.15) is 0 Å². The molecule has 0 aliphatic carbocycles. The first-order valence-corrected chi connectivity index (χ1v) is 8.89. The number of para-hydroxylation sites is 1. The molecule has 0 aliphatic heterocycles. The van der Waals surface area contributed by atoms with Crippen LogP contribution < -0.4 is 0 Å². The van der Waals surface area contributed by atoms with E-state index in [1.54, 1.807) is 6.07 Å². The van der Waals surface area contributed by atoms with Crippen molar-refractivity contribution < 1.29 is 9.53 Å². The average molecular weight is 353 g/mol. The second kappa shape index (κ2) is 7.42. The van der Waals surface area contributed by atoms with Gasteiger partial charge in [-0.15, -0.1) is 0 Å². The SMILES string of the molecule is Cc1cc(C(=O)OC(c2ccccc2)c2ccccc2)c2ccccc2n1. The molecular formula is C24H19NO2. The van der Waals surface area contributed by atoms with Gasteiger partial charge in [0.15, 0.2) is 6.10 Å². The van der Waals surface area contributed by atoms with Crippen LogP contribution in [0.3, 0.4) is 0 Å². The fourth-order valence-corrected chi connectivity index (χ4v) is 3.23. The van der Waals surface area contributed by atoms with Gasteiger partial charge >= 0.3 is 5.97 Å². The van der Waals surface area contributed by atoms with Crippen LogP contribution in [0.4, 0.5) is 0 Å². The average Bonchev–Trinajstić information content (AvgIpc) is 2.72. The van der Waals surface area contributed by atoms with Gasteiger partial charge < -0.3 is 4.74 Å². The van der Waals surface area contributed by atoms with Crippen molar-refractivity contribution in [2.24, 2.45) is 0 Å². The van der Waals surface area contributed by atoms with E-state index < -0.39 is 6.10 Å². The lowest BCUT2D eigenvalue weighted by Gasteiger charge is -2.19. The van der Waals surface area contributed by atoms with Crippen LogP contribution in [0.25, 0.3) is 10.9 Å². The van der Waals surface area contributed by atoms with E-state index in [1.165, 1.54) is 0 Å². The number of nitrogens with zero attached hydrogens (tertiary/aromatic N) is 1. The summed E-state index contributed by atoms with van der Waals surface area (Å²) < 4.78 is 6.01. The third kappa shape index (κ3) is 3.58. The molecule has 132 valence electrons. The number of carbonyl (C=O) groups excluding carboxylic acids is 1. The van der Waals surface area contributed by atoms with Crippen molar-refractivity contribution in [1.82, 2.24) is 4.98 Å². The van der Waals surface area contributed by atoms with Crippen LogP contribution in [0.15, 0.2) is 91.0 Å². The van der Waals surface area contributed by atoms with Crippen LogP contribution in [0, 0.1) is 6.92 Å². The summed E-state index contributed by atoms with van der Waals surface area (Å²) in [4.78, 5) is 17.6. The number of fused-ring (bicyclic) bond motifs is 1. The topological polar surface area (TPSA) is 39.2 Å². The van der Waals surface area contributed by atoms with Crippen molar-refractivity contribution in [3.05, 3.63) is 113 Å². The number of esters is 1. The van der Waals surface area contributed by atoms with E-state index in [1.807, 2.05) is 91.9 Å². The Balaban J connectivity index is 1.75. The third-order valence-corrected chi connectivity index (χ3v) is 4.49. The second-order valence-corrected chi connectivity index (χ2v) is 6.44. The Morgan fingerprint density at radius 2 is 1.37 bits per heavy atom. The Bertz CT molecular complexity index is 1040. The highest BCUT2D eigenvalue weighted by atomic mass is 16.5. The first kappa shape index (κ1) is 17.0. The summed E-state index contributed by atoms with van der Waals surface area (Å²) in [6.07, 6.45) is -0.466. The maximum absolute atomic E-state index is 13.1. The van der Waals surface area contributed by atoms with Gasteiger partial charge in [0, 0.05) is 11.1 Å². The quantitative estimate of drug-likeness (QED) is 0.455. The van der Waals surface area contributed by atoms with Crippen molar-refractivity contribution in [2.75, 3.05) is 0 Å². The summed E-state index contributed by atoms with van der Waals surface area (Å²) in [5, 5.41) is 0.799. The molecule has 4 rings (SSSR count). The summed E-state index contributed by atoms with van der Waals surface area (Å²) in [7, 11) is 0. The molecule has 0 spiro atoms. The molecule has 1 aromatic heterocycles. The zero-order valence-electron chi connectivity index (χ0n) is 15.0. The van der Waals surface area contributed by atoms with Crippen molar-refractivity contribution >= 4 is 16.9 Å². The summed E-state index contributed by atoms with van der Waals surface area (Å²) in [6, 6.07) is 29.0. The van der Waals surface area contributed by atoms with E-state index in [-0.39, 0.29) is 5.97 Å². The molecule has 0 N–H and O–H groups in total. The Labute approximate surface area is 158 Å². The maximum atomic E-state index is 13.1. The van der Waals surface area contributed by atoms with Crippen LogP contribution in [-0.4, -0.2) is 11.0 Å². The molecule has 4 aromatic rings. The lowest BCUT2D eigenvalue weighted by molar-refractivity contribution is 0.0380. The fourth-order valence-electron chi connectivity index (χ4n) is 3.23. The number of rotatable bonds is 4. The molecule has 1 heterocycles. The maximum Gasteiger partial charge on any atom is 0.339 e. The predicted molar refractivity (Wildman–Crippen MR) is 107 cm³/mol. The van der Waals surface area contributed by atoms with Crippen LogP contribution in [0.2, 0.25) is 0 Å². The number of carbonyl (C=O) groups is 1. The van der Waals surface area contributed by atoms with Crippen LogP contribution in [0.5, 0.6) is 0 Å². The van der Waals surface area contributed by atoms with Crippen molar-refractivity contribution in [3.8, 4) is 0 Å². The normalized spacial score (nSPS) is 10.9. The lowest BCUT2D eigenvalue weighted by Crippen LogP contribution is -2.14. The number of ether oxygens (including phenoxy) is 1. The van der Waals surface area contributed by atoms with Crippen molar-refractivity contribution in [1.29, 1.82) is 0 Å². The minimum absolute atomic E-state index is 0.352. The Morgan fingerprint density at radius 3 is 2.00 bits per heavy atom. The molecule has 0 saturated carbocycles. The Morgan fingerprint density at radius 1 is 0.815 bits per heavy atom. The van der Waals surface area contributed by atoms with Gasteiger partial charge in [0.25, 0.3) is 0 Å². The van der Waals surface area contributed by atoms with Gasteiger partial charge in [-0.25, -0.2) is 4.79 Å². The Hall–Kier alpha value is -3.46. The summed E-state index contributed by atoms with van der Waals surface area (Å²) in [5.74, 6) is -0.352. The smallest absolute Gasteiger partial charge is 0.339 e. The van der Waals surface area contributed by atoms with E-state index in [2.05, 4.69) is 4.98 Å². The van der Waals surface area contributed by atoms with Gasteiger partial charge in [-0.05, 0) is 30.2 Å². The van der Waals surface area contributed by atoms with Crippen LogP contribution >= 0.6 is 0 Å². The lowest BCUT2D eigenvalue weighted by atomic mass is 10.0. The molecule has 27 heavy (non-hydrogen) atoms. The molecule has 0 unspecified atom stereocenters. The van der Waals surface area contributed by atoms with Gasteiger partial charge in [0.05, 0.1) is 11.1 Å². The molecule has 0 radical (unpaired) electrons. The number of aryl methyl sites for hydroxylation is 1. The predicted octanol–water partition coefficient (Wildman–Crippen LogP) is 5.49. The zero-order chi connectivity index (χ0) is 18.6. The van der Waals surface area contributed by atoms with E-state index in [9.17, 15) is 4.79 Å². The van der Waals surface area contributed by atoms with Crippen molar-refractivity contribution in [3.63, 3.8) is 0 Å². The minimum Gasteiger partial charge on any atom is -0.449 e. The monoisotopic (exact) mass is 353 g/mol. The molecule has 0 bridgehead atoms. The molecule has 0 aliphatic rings. The fraction of sp³-hybridized carbons (Fsp3) is 0.0833. The highest BCUT2D eigenvalue weighted by Crippen LogP contribution is 2.28. The summed E-state index contributed by atoms with van der Waals surface area (Å²) in [5.41, 5.74) is 3.99. The largest absolute Gasteiger partial charge is 0.449 e. The van der Waals surface area contributed by atoms with Gasteiger partial charge in [-0.1, -0.05) is 78.9 Å². The minimum atomic E-state index is -0.466. The molecule has 0 atom stereocenters. The molecule has 0 amide bonds. The number of aromatic nitrogens is 1. The molecule has 0 fully saturated rings. The standard InChI is InChI=1S/C24H19NO2/c1-17-16-21(20-14-8-9-15-22(20)25-17)24(26)27-23(18-10-4-2-5-11-18)19-12-6-3-7-13-19/h2-16,23H,1H3. The molecule has 3 heteroatoms. The first-order chi connectivity index (χ1) is 13.2. The van der Waals surface area contributed by atoms with Gasteiger partial charge in [0.1, 0.15) is 0 Å². The van der Waals surface area contributed by atoms with E-state index in [4.69, 9.17) is 4.74 Å². The van der Waals surface area contributed by atoms with E-state index in [0.717, 1.165) is 27.7 Å². The van der Waals surface area contributed by atoms with Gasteiger partial charge in [0.2, 0.25) is 0 Å². The third-order valence-electron chi connectivity index (χ3n) is 4.49. The number of hydrogen-bond acceptors (Lipinski definition) is 3. The number of pyridine rings is 1. The highest BCUT2D eigenvalue weighted by Gasteiger charge is 2.21. The van der Waals surface area contributed by atoms with Crippen molar-refractivity contribution in [2.45, 2.75) is 13.0 Å². The summed E-state index contributed by atoms with van der Waals surface area (Å²) >= 11 is 0. The zero-order valence-corrected chi connectivity index (χ0v) is 15.0.